The number of methoxy groups -OCH3 is 1. The van der Waals surface area contributed by atoms with Gasteiger partial charge in [-0.25, -0.2) is 4.79 Å². The first-order valence-corrected chi connectivity index (χ1v) is 8.85. The first-order valence-electron chi connectivity index (χ1n) is 8.06. The van der Waals surface area contributed by atoms with Gasteiger partial charge in [-0.15, -0.1) is 0 Å². The Morgan fingerprint density at radius 3 is 3.04 bits per heavy atom. The van der Waals surface area contributed by atoms with E-state index in [2.05, 4.69) is 44.5 Å². The SMILES string of the molecule is C=C1CCCC(n2ccc(C(=O)OC)c2)CNc2ccc(Br)cc21. The fraction of sp³-hybridized carbons (Fsp3) is 0.316. The third kappa shape index (κ3) is 3.56. The second kappa shape index (κ2) is 7.26. The largest absolute Gasteiger partial charge is 0.465 e. The zero-order valence-electron chi connectivity index (χ0n) is 13.7. The number of nitrogens with one attached hydrogen (secondary N) is 1. The van der Waals surface area contributed by atoms with Gasteiger partial charge < -0.3 is 14.6 Å². The predicted octanol–water partition coefficient (Wildman–Crippen LogP) is 4.89. The Morgan fingerprint density at radius 1 is 1.42 bits per heavy atom. The van der Waals surface area contributed by atoms with Gasteiger partial charge in [0.15, 0.2) is 0 Å². The number of hydrogen-bond acceptors (Lipinski definition) is 3. The molecule has 126 valence electrons. The van der Waals surface area contributed by atoms with E-state index in [9.17, 15) is 4.79 Å². The minimum absolute atomic E-state index is 0.283. The number of aromatic nitrogens is 1. The average molecular weight is 389 g/mol. The van der Waals surface area contributed by atoms with Gasteiger partial charge >= 0.3 is 5.97 Å². The summed E-state index contributed by atoms with van der Waals surface area (Å²) in [6, 6.07) is 8.34. The Kier molecular flexibility index (Phi) is 5.09. The molecule has 2 aromatic rings. The predicted molar refractivity (Wildman–Crippen MR) is 100 cm³/mol. The molecule has 1 N–H and O–H groups in total. The van der Waals surface area contributed by atoms with Gasteiger partial charge in [0.2, 0.25) is 0 Å². The van der Waals surface area contributed by atoms with E-state index in [1.807, 2.05) is 24.5 Å². The van der Waals surface area contributed by atoms with E-state index in [4.69, 9.17) is 4.74 Å². The van der Waals surface area contributed by atoms with E-state index in [0.29, 0.717) is 5.56 Å². The number of allylic oxidation sites excluding steroid dienone is 1. The summed E-state index contributed by atoms with van der Waals surface area (Å²) in [5.41, 5.74) is 4.02. The van der Waals surface area contributed by atoms with Gasteiger partial charge in [0.1, 0.15) is 0 Å². The van der Waals surface area contributed by atoms with E-state index in [1.165, 1.54) is 12.7 Å². The number of halogens is 1. The summed E-state index contributed by atoms with van der Waals surface area (Å²) in [6.07, 6.45) is 6.87. The molecule has 1 unspecified atom stereocenters. The van der Waals surface area contributed by atoms with Gasteiger partial charge in [-0.3, -0.25) is 0 Å². The van der Waals surface area contributed by atoms with Crippen molar-refractivity contribution >= 4 is 33.2 Å². The molecule has 24 heavy (non-hydrogen) atoms. The minimum Gasteiger partial charge on any atom is -0.465 e. The van der Waals surface area contributed by atoms with Crippen molar-refractivity contribution in [3.05, 3.63) is 58.8 Å². The molecule has 0 saturated heterocycles. The van der Waals surface area contributed by atoms with Crippen LogP contribution in [-0.4, -0.2) is 24.2 Å². The molecule has 0 amide bonds. The van der Waals surface area contributed by atoms with E-state index in [0.717, 1.165) is 41.5 Å². The van der Waals surface area contributed by atoms with Crippen LogP contribution in [0.25, 0.3) is 5.57 Å². The zero-order valence-corrected chi connectivity index (χ0v) is 15.3. The van der Waals surface area contributed by atoms with Gasteiger partial charge in [-0.2, -0.15) is 0 Å². The van der Waals surface area contributed by atoms with E-state index in [-0.39, 0.29) is 12.0 Å². The van der Waals surface area contributed by atoms with Gasteiger partial charge in [0.05, 0.1) is 18.7 Å². The number of benzene rings is 1. The monoisotopic (exact) mass is 388 g/mol. The normalized spacial score (nSPS) is 17.9. The second-order valence-electron chi connectivity index (χ2n) is 6.06. The number of hydrogen-bond donors (Lipinski definition) is 1. The fourth-order valence-corrected chi connectivity index (χ4v) is 3.47. The number of anilines is 1. The van der Waals surface area contributed by atoms with Crippen molar-refractivity contribution in [3.63, 3.8) is 0 Å². The van der Waals surface area contributed by atoms with Crippen molar-refractivity contribution in [1.29, 1.82) is 0 Å². The molecule has 5 heteroatoms. The van der Waals surface area contributed by atoms with Crippen LogP contribution in [0.1, 0.15) is 41.2 Å². The Balaban J connectivity index is 1.83. The van der Waals surface area contributed by atoms with E-state index >= 15 is 0 Å². The maximum Gasteiger partial charge on any atom is 0.339 e. The van der Waals surface area contributed by atoms with Gasteiger partial charge in [-0.1, -0.05) is 22.5 Å². The Bertz CT molecular complexity index is 766. The number of ether oxygens (including phenoxy) is 1. The lowest BCUT2D eigenvalue weighted by atomic mass is 10.00. The molecule has 1 aliphatic rings. The maximum atomic E-state index is 11.7. The highest BCUT2D eigenvalue weighted by atomic mass is 79.9. The van der Waals surface area contributed by atoms with Crippen LogP contribution in [0.5, 0.6) is 0 Å². The highest BCUT2D eigenvalue weighted by molar-refractivity contribution is 9.10. The summed E-state index contributed by atoms with van der Waals surface area (Å²) in [7, 11) is 1.40. The van der Waals surface area contributed by atoms with Crippen LogP contribution in [0.3, 0.4) is 0 Å². The number of fused-ring (bicyclic) bond motifs is 1. The maximum absolute atomic E-state index is 11.7. The van der Waals surface area contributed by atoms with Crippen molar-refractivity contribution in [2.24, 2.45) is 0 Å². The molecule has 0 fully saturated rings. The van der Waals surface area contributed by atoms with Crippen molar-refractivity contribution < 1.29 is 9.53 Å². The van der Waals surface area contributed by atoms with Crippen LogP contribution in [0.2, 0.25) is 0 Å². The molecule has 1 aromatic heterocycles. The molecule has 4 nitrogen and oxygen atoms in total. The van der Waals surface area contributed by atoms with Crippen LogP contribution < -0.4 is 5.32 Å². The summed E-state index contributed by atoms with van der Waals surface area (Å²) >= 11 is 3.54. The topological polar surface area (TPSA) is 43.3 Å². The lowest BCUT2D eigenvalue weighted by Gasteiger charge is -2.19. The van der Waals surface area contributed by atoms with Crippen LogP contribution in [-0.2, 0) is 4.74 Å². The second-order valence-corrected chi connectivity index (χ2v) is 6.98. The summed E-state index contributed by atoms with van der Waals surface area (Å²) in [4.78, 5) is 11.7. The number of carbonyl (C=O) groups excluding carboxylic acids is 1. The van der Waals surface area contributed by atoms with Crippen molar-refractivity contribution in [1.82, 2.24) is 4.57 Å². The lowest BCUT2D eigenvalue weighted by molar-refractivity contribution is 0.0600. The standard InChI is InChI=1S/C19H21BrN2O2/c1-13-4-3-5-16(22-9-8-14(12-22)19(23)24-2)11-21-18-7-6-15(20)10-17(13)18/h6-10,12,16,21H,1,3-5,11H2,2H3. The minimum atomic E-state index is -0.298. The number of carbonyl (C=O) groups is 1. The lowest BCUT2D eigenvalue weighted by Crippen LogP contribution is -2.18. The van der Waals surface area contributed by atoms with Gasteiger partial charge in [0, 0.05) is 34.7 Å². The first kappa shape index (κ1) is 16.8. The number of rotatable bonds is 2. The Hall–Kier alpha value is -2.01. The number of nitrogens with zero attached hydrogens (tertiary/aromatic N) is 1. The van der Waals surface area contributed by atoms with Gasteiger partial charge in [-0.05, 0) is 49.1 Å². The van der Waals surface area contributed by atoms with Crippen molar-refractivity contribution in [2.45, 2.75) is 25.3 Å². The summed E-state index contributed by atoms with van der Waals surface area (Å²) in [5, 5.41) is 3.55. The zero-order chi connectivity index (χ0) is 17.1. The molecule has 2 heterocycles. The summed E-state index contributed by atoms with van der Waals surface area (Å²) in [5.74, 6) is -0.298. The Labute approximate surface area is 150 Å². The molecule has 3 rings (SSSR count). The van der Waals surface area contributed by atoms with Crippen LogP contribution in [0.15, 0.2) is 47.7 Å². The molecule has 1 atom stereocenters. The molecule has 1 aromatic carbocycles. The molecule has 0 aliphatic carbocycles. The van der Waals surface area contributed by atoms with E-state index < -0.39 is 0 Å². The molecule has 0 spiro atoms. The van der Waals surface area contributed by atoms with E-state index in [1.54, 1.807) is 0 Å². The quantitative estimate of drug-likeness (QED) is 0.744. The Morgan fingerprint density at radius 2 is 2.25 bits per heavy atom. The summed E-state index contributed by atoms with van der Waals surface area (Å²) in [6.45, 7) is 5.05. The van der Waals surface area contributed by atoms with Crippen LogP contribution in [0, 0.1) is 0 Å². The number of esters is 1. The highest BCUT2D eigenvalue weighted by Crippen LogP contribution is 2.32. The third-order valence-electron chi connectivity index (χ3n) is 4.46. The smallest absolute Gasteiger partial charge is 0.339 e. The molecule has 0 saturated carbocycles. The molecule has 0 radical (unpaired) electrons. The molecular formula is C19H21BrN2O2. The fourth-order valence-electron chi connectivity index (χ4n) is 3.11. The molecule has 0 bridgehead atoms. The van der Waals surface area contributed by atoms with Crippen molar-refractivity contribution in [3.8, 4) is 0 Å². The molecular weight excluding hydrogens is 368 g/mol. The molecule has 1 aliphatic heterocycles. The van der Waals surface area contributed by atoms with Crippen LogP contribution in [0.4, 0.5) is 5.69 Å². The van der Waals surface area contributed by atoms with Crippen LogP contribution >= 0.6 is 15.9 Å². The highest BCUT2D eigenvalue weighted by Gasteiger charge is 2.17. The third-order valence-corrected chi connectivity index (χ3v) is 4.96. The van der Waals surface area contributed by atoms with Crippen molar-refractivity contribution in [2.75, 3.05) is 19.0 Å². The first-order chi connectivity index (χ1) is 11.6. The average Bonchev–Trinajstić information content (AvgIpc) is 3.08. The van der Waals surface area contributed by atoms with Gasteiger partial charge in [0.25, 0.3) is 0 Å². The summed E-state index contributed by atoms with van der Waals surface area (Å²) < 4.78 is 7.96.